The zero-order chi connectivity index (χ0) is 12.7. The van der Waals surface area contributed by atoms with Gasteiger partial charge in [0.1, 0.15) is 0 Å². The summed E-state index contributed by atoms with van der Waals surface area (Å²) in [6.45, 7) is 1.99. The van der Waals surface area contributed by atoms with E-state index in [0.29, 0.717) is 0 Å². The number of hydrogen-bond acceptors (Lipinski definition) is 2. The van der Waals surface area contributed by atoms with Crippen LogP contribution in [0.25, 0.3) is 22.3 Å². The molecule has 18 heavy (non-hydrogen) atoms. The Labute approximate surface area is 104 Å². The molecule has 90 valence electrons. The maximum atomic E-state index is 12.1. The van der Waals surface area contributed by atoms with E-state index < -0.39 is 0 Å². The molecule has 0 radical (unpaired) electrons. The standard InChI is InChI=1S/C14H13N3O/c1-9-4-3-5-10-13(18)8-11(16-14(9)10)12-6-7-15-17(12)2/h3-8H,1-2H3,(H,16,18). The lowest BCUT2D eigenvalue weighted by atomic mass is 10.1. The highest BCUT2D eigenvalue weighted by molar-refractivity contribution is 5.83. The first-order chi connectivity index (χ1) is 8.66. The van der Waals surface area contributed by atoms with Crippen LogP contribution >= 0.6 is 0 Å². The SMILES string of the molecule is Cc1cccc2c(=O)cc(-c3ccnn3C)[nH]c12. The quantitative estimate of drug-likeness (QED) is 0.708. The van der Waals surface area contributed by atoms with E-state index in [-0.39, 0.29) is 5.43 Å². The number of H-pyrrole nitrogens is 1. The first-order valence-electron chi connectivity index (χ1n) is 5.78. The van der Waals surface area contributed by atoms with E-state index >= 15 is 0 Å². The molecule has 0 bridgehead atoms. The molecule has 4 nitrogen and oxygen atoms in total. The van der Waals surface area contributed by atoms with E-state index in [1.807, 2.05) is 38.2 Å². The molecule has 0 aliphatic rings. The van der Waals surface area contributed by atoms with Crippen molar-refractivity contribution >= 4 is 10.9 Å². The lowest BCUT2D eigenvalue weighted by Crippen LogP contribution is -2.05. The van der Waals surface area contributed by atoms with E-state index in [2.05, 4.69) is 10.1 Å². The fourth-order valence-corrected chi connectivity index (χ4v) is 2.19. The van der Waals surface area contributed by atoms with Crippen LogP contribution in [-0.2, 0) is 7.05 Å². The van der Waals surface area contributed by atoms with Gasteiger partial charge in [-0.2, -0.15) is 5.10 Å². The van der Waals surface area contributed by atoms with Crippen LogP contribution in [0.3, 0.4) is 0 Å². The van der Waals surface area contributed by atoms with Crippen LogP contribution in [0.15, 0.2) is 41.3 Å². The number of nitrogens with zero attached hydrogens (tertiary/aromatic N) is 2. The largest absolute Gasteiger partial charge is 0.353 e. The van der Waals surface area contributed by atoms with Crippen molar-refractivity contribution in [1.29, 1.82) is 0 Å². The van der Waals surface area contributed by atoms with Crippen molar-refractivity contribution in [2.75, 3.05) is 0 Å². The summed E-state index contributed by atoms with van der Waals surface area (Å²) in [6.07, 6.45) is 1.72. The molecule has 3 rings (SSSR count). The van der Waals surface area contributed by atoms with Crippen molar-refractivity contribution in [3.63, 3.8) is 0 Å². The number of nitrogens with one attached hydrogen (secondary N) is 1. The maximum Gasteiger partial charge on any atom is 0.190 e. The molecule has 1 N–H and O–H groups in total. The van der Waals surface area contributed by atoms with Crippen LogP contribution in [0.5, 0.6) is 0 Å². The number of pyridine rings is 1. The molecule has 0 saturated carbocycles. The van der Waals surface area contributed by atoms with Gasteiger partial charge in [0.15, 0.2) is 5.43 Å². The molecule has 0 spiro atoms. The van der Waals surface area contributed by atoms with E-state index in [1.54, 1.807) is 16.9 Å². The minimum absolute atomic E-state index is 0.0312. The average molecular weight is 239 g/mol. The average Bonchev–Trinajstić information content (AvgIpc) is 2.77. The molecule has 0 atom stereocenters. The minimum atomic E-state index is 0.0312. The number of benzene rings is 1. The third-order valence-electron chi connectivity index (χ3n) is 3.17. The van der Waals surface area contributed by atoms with E-state index in [0.717, 1.165) is 27.9 Å². The van der Waals surface area contributed by atoms with Crippen molar-refractivity contribution in [1.82, 2.24) is 14.8 Å². The van der Waals surface area contributed by atoms with Gasteiger partial charge in [-0.1, -0.05) is 12.1 Å². The summed E-state index contributed by atoms with van der Waals surface area (Å²) < 4.78 is 1.75. The molecule has 4 heteroatoms. The zero-order valence-corrected chi connectivity index (χ0v) is 10.3. The van der Waals surface area contributed by atoms with Crippen LogP contribution in [0.2, 0.25) is 0 Å². The molecule has 0 unspecified atom stereocenters. The Morgan fingerprint density at radius 1 is 1.28 bits per heavy atom. The van der Waals surface area contributed by atoms with Gasteiger partial charge in [0.2, 0.25) is 0 Å². The summed E-state index contributed by atoms with van der Waals surface area (Å²) in [4.78, 5) is 15.4. The lowest BCUT2D eigenvalue weighted by molar-refractivity contribution is 0.773. The molecule has 0 amide bonds. The molecule has 0 aliphatic heterocycles. The summed E-state index contributed by atoms with van der Waals surface area (Å²) in [5.74, 6) is 0. The van der Waals surface area contributed by atoms with Gasteiger partial charge in [0.05, 0.1) is 16.9 Å². The minimum Gasteiger partial charge on any atom is -0.353 e. The first-order valence-corrected chi connectivity index (χ1v) is 5.78. The van der Waals surface area contributed by atoms with Gasteiger partial charge in [-0.25, -0.2) is 0 Å². The Morgan fingerprint density at radius 2 is 2.11 bits per heavy atom. The number of fused-ring (bicyclic) bond motifs is 1. The van der Waals surface area contributed by atoms with Crippen molar-refractivity contribution in [3.8, 4) is 11.4 Å². The molecule has 2 aromatic heterocycles. The van der Waals surface area contributed by atoms with Gasteiger partial charge in [0.25, 0.3) is 0 Å². The third kappa shape index (κ3) is 1.54. The zero-order valence-electron chi connectivity index (χ0n) is 10.3. The highest BCUT2D eigenvalue weighted by Crippen LogP contribution is 2.19. The van der Waals surface area contributed by atoms with Gasteiger partial charge < -0.3 is 4.98 Å². The molecular weight excluding hydrogens is 226 g/mol. The Balaban J connectivity index is 2.37. The Morgan fingerprint density at radius 3 is 2.83 bits per heavy atom. The van der Waals surface area contributed by atoms with E-state index in [9.17, 15) is 4.79 Å². The molecule has 3 aromatic rings. The van der Waals surface area contributed by atoms with Gasteiger partial charge in [-0.3, -0.25) is 9.48 Å². The lowest BCUT2D eigenvalue weighted by Gasteiger charge is -2.06. The fraction of sp³-hybridized carbons (Fsp3) is 0.143. The third-order valence-corrected chi connectivity index (χ3v) is 3.17. The molecule has 2 heterocycles. The molecule has 0 aliphatic carbocycles. The number of rotatable bonds is 1. The maximum absolute atomic E-state index is 12.1. The van der Waals surface area contributed by atoms with E-state index in [1.165, 1.54) is 0 Å². The van der Waals surface area contributed by atoms with Gasteiger partial charge in [-0.15, -0.1) is 0 Å². The molecule has 0 saturated heterocycles. The highest BCUT2D eigenvalue weighted by Gasteiger charge is 2.08. The van der Waals surface area contributed by atoms with E-state index in [4.69, 9.17) is 0 Å². The first kappa shape index (κ1) is 10.8. The number of hydrogen-bond donors (Lipinski definition) is 1. The van der Waals surface area contributed by atoms with Crippen LogP contribution < -0.4 is 5.43 Å². The summed E-state index contributed by atoms with van der Waals surface area (Å²) in [5.41, 5.74) is 3.68. The Kier molecular flexibility index (Phi) is 2.30. The predicted molar refractivity (Wildman–Crippen MR) is 71.5 cm³/mol. The fourth-order valence-electron chi connectivity index (χ4n) is 2.19. The van der Waals surface area contributed by atoms with Gasteiger partial charge in [0, 0.05) is 24.7 Å². The second kappa shape index (κ2) is 3.84. The smallest absolute Gasteiger partial charge is 0.190 e. The van der Waals surface area contributed by atoms with Crippen molar-refractivity contribution < 1.29 is 0 Å². The van der Waals surface area contributed by atoms with Crippen molar-refractivity contribution in [2.24, 2.45) is 7.05 Å². The van der Waals surface area contributed by atoms with Gasteiger partial charge in [-0.05, 0) is 24.6 Å². The number of aryl methyl sites for hydroxylation is 2. The Bertz CT molecular complexity index is 783. The normalized spacial score (nSPS) is 11.0. The predicted octanol–water partition coefficient (Wildman–Crippen LogP) is 2.24. The second-order valence-corrected chi connectivity index (χ2v) is 4.38. The van der Waals surface area contributed by atoms with Crippen LogP contribution in [-0.4, -0.2) is 14.8 Å². The number of aromatic amines is 1. The number of aromatic nitrogens is 3. The highest BCUT2D eigenvalue weighted by atomic mass is 16.1. The summed E-state index contributed by atoms with van der Waals surface area (Å²) >= 11 is 0. The van der Waals surface area contributed by atoms with Crippen LogP contribution in [0, 0.1) is 6.92 Å². The van der Waals surface area contributed by atoms with Crippen molar-refractivity contribution in [3.05, 3.63) is 52.3 Å². The van der Waals surface area contributed by atoms with Crippen LogP contribution in [0.4, 0.5) is 0 Å². The van der Waals surface area contributed by atoms with Crippen molar-refractivity contribution in [2.45, 2.75) is 6.92 Å². The number of para-hydroxylation sites is 1. The summed E-state index contributed by atoms with van der Waals surface area (Å²) in [7, 11) is 1.86. The molecular formula is C14H13N3O. The summed E-state index contributed by atoms with van der Waals surface area (Å²) in [5, 5.41) is 4.84. The topological polar surface area (TPSA) is 50.7 Å². The monoisotopic (exact) mass is 239 g/mol. The van der Waals surface area contributed by atoms with Crippen LogP contribution in [0.1, 0.15) is 5.56 Å². The Hall–Kier alpha value is -2.36. The van der Waals surface area contributed by atoms with Gasteiger partial charge >= 0.3 is 0 Å². The summed E-state index contributed by atoms with van der Waals surface area (Å²) in [6, 6.07) is 9.24. The second-order valence-electron chi connectivity index (χ2n) is 4.38. The molecule has 0 fully saturated rings. The molecule has 1 aromatic carbocycles.